The lowest BCUT2D eigenvalue weighted by Crippen LogP contribution is -2.28. The van der Waals surface area contributed by atoms with Gasteiger partial charge < -0.3 is 5.32 Å². The molecule has 0 aliphatic heterocycles. The Hall–Kier alpha value is -1.84. The first-order valence-corrected chi connectivity index (χ1v) is 4.30. The average molecular weight is 191 g/mol. The molecule has 0 fully saturated rings. The topological polar surface area (TPSA) is 53.5 Å². The molecule has 1 aromatic rings. The van der Waals surface area contributed by atoms with Crippen LogP contribution in [0.1, 0.15) is 11.1 Å². The summed E-state index contributed by atoms with van der Waals surface area (Å²) in [6, 6.07) is 7.52. The lowest BCUT2D eigenvalue weighted by Gasteiger charge is -1.96. The summed E-state index contributed by atoms with van der Waals surface area (Å²) in [7, 11) is 1.54. The van der Waals surface area contributed by atoms with Crippen molar-refractivity contribution in [2.45, 2.75) is 6.92 Å². The Morgan fingerprint density at radius 2 is 2.00 bits per heavy atom. The zero-order chi connectivity index (χ0) is 10.4. The quantitative estimate of drug-likeness (QED) is 0.536. The van der Waals surface area contributed by atoms with Crippen LogP contribution in [0.3, 0.4) is 0 Å². The van der Waals surface area contributed by atoms with Gasteiger partial charge in [0.05, 0.1) is 6.21 Å². The van der Waals surface area contributed by atoms with Crippen molar-refractivity contribution in [3.63, 3.8) is 0 Å². The second kappa shape index (κ2) is 5.01. The van der Waals surface area contributed by atoms with Crippen LogP contribution in [0.15, 0.2) is 29.4 Å². The van der Waals surface area contributed by atoms with Crippen LogP contribution in [0.4, 0.5) is 4.79 Å². The first kappa shape index (κ1) is 10.2. The molecule has 2 N–H and O–H groups in total. The molecule has 1 aromatic carbocycles. The number of rotatable bonds is 2. The Bertz CT molecular complexity index is 330. The summed E-state index contributed by atoms with van der Waals surface area (Å²) in [5.74, 6) is 0. The van der Waals surface area contributed by atoms with Crippen LogP contribution in [0.5, 0.6) is 0 Å². The third-order valence-corrected chi connectivity index (χ3v) is 1.68. The molecule has 0 radical (unpaired) electrons. The van der Waals surface area contributed by atoms with Gasteiger partial charge in [0.15, 0.2) is 0 Å². The Morgan fingerprint density at radius 3 is 2.57 bits per heavy atom. The fourth-order valence-corrected chi connectivity index (χ4v) is 0.874. The molecule has 0 aliphatic carbocycles. The molecular formula is C10H13N3O. The van der Waals surface area contributed by atoms with E-state index in [0.717, 1.165) is 5.56 Å². The molecule has 0 aliphatic rings. The van der Waals surface area contributed by atoms with E-state index >= 15 is 0 Å². The van der Waals surface area contributed by atoms with Crippen LogP contribution in [-0.4, -0.2) is 19.3 Å². The summed E-state index contributed by atoms with van der Waals surface area (Å²) in [5.41, 5.74) is 4.46. The fourth-order valence-electron chi connectivity index (χ4n) is 0.874. The van der Waals surface area contributed by atoms with Gasteiger partial charge in [-0.25, -0.2) is 10.2 Å². The number of carbonyl (C=O) groups excluding carboxylic acids is 1. The van der Waals surface area contributed by atoms with E-state index in [-0.39, 0.29) is 6.03 Å². The maximum absolute atomic E-state index is 10.7. The SMILES string of the molecule is CNC(=O)N/N=C/c1ccc(C)cc1. The summed E-state index contributed by atoms with van der Waals surface area (Å²) in [6.45, 7) is 2.02. The van der Waals surface area contributed by atoms with Gasteiger partial charge in [-0.15, -0.1) is 0 Å². The third kappa shape index (κ3) is 3.26. The second-order valence-electron chi connectivity index (χ2n) is 2.86. The monoisotopic (exact) mass is 191 g/mol. The highest BCUT2D eigenvalue weighted by Gasteiger charge is 1.90. The third-order valence-electron chi connectivity index (χ3n) is 1.68. The van der Waals surface area contributed by atoms with Gasteiger partial charge in [-0.2, -0.15) is 5.10 Å². The number of hydrogen-bond acceptors (Lipinski definition) is 2. The highest BCUT2D eigenvalue weighted by Crippen LogP contribution is 1.99. The van der Waals surface area contributed by atoms with Crippen LogP contribution < -0.4 is 10.7 Å². The van der Waals surface area contributed by atoms with Gasteiger partial charge in [0.1, 0.15) is 0 Å². The smallest absolute Gasteiger partial charge is 0.334 e. The minimum Gasteiger partial charge on any atom is -0.340 e. The number of nitrogens with zero attached hydrogens (tertiary/aromatic N) is 1. The normalized spacial score (nSPS) is 10.1. The van der Waals surface area contributed by atoms with E-state index in [9.17, 15) is 4.79 Å². The van der Waals surface area contributed by atoms with Crippen LogP contribution in [0, 0.1) is 6.92 Å². The second-order valence-corrected chi connectivity index (χ2v) is 2.86. The predicted octanol–water partition coefficient (Wildman–Crippen LogP) is 1.26. The van der Waals surface area contributed by atoms with Crippen LogP contribution in [-0.2, 0) is 0 Å². The molecule has 4 heteroatoms. The van der Waals surface area contributed by atoms with Crippen molar-refractivity contribution < 1.29 is 4.79 Å². The molecule has 4 nitrogen and oxygen atoms in total. The van der Waals surface area contributed by atoms with Gasteiger partial charge in [0.25, 0.3) is 0 Å². The van der Waals surface area contributed by atoms with Crippen molar-refractivity contribution in [3.8, 4) is 0 Å². The lowest BCUT2D eigenvalue weighted by molar-refractivity contribution is 0.243. The molecule has 0 spiro atoms. The molecule has 0 saturated heterocycles. The number of nitrogens with one attached hydrogen (secondary N) is 2. The molecule has 0 saturated carbocycles. The maximum atomic E-state index is 10.7. The summed E-state index contributed by atoms with van der Waals surface area (Å²) in [6.07, 6.45) is 1.59. The number of urea groups is 1. The number of hydrazone groups is 1. The summed E-state index contributed by atoms with van der Waals surface area (Å²) >= 11 is 0. The van der Waals surface area contributed by atoms with Crippen molar-refractivity contribution in [2.75, 3.05) is 7.05 Å². The maximum Gasteiger partial charge on any atom is 0.334 e. The highest BCUT2D eigenvalue weighted by atomic mass is 16.2. The van der Waals surface area contributed by atoms with Crippen molar-refractivity contribution in [1.82, 2.24) is 10.7 Å². The van der Waals surface area contributed by atoms with Crippen molar-refractivity contribution in [1.29, 1.82) is 0 Å². The van der Waals surface area contributed by atoms with Gasteiger partial charge in [-0.3, -0.25) is 0 Å². The molecule has 0 heterocycles. The first-order chi connectivity index (χ1) is 6.72. The molecule has 0 atom stereocenters. The van der Waals surface area contributed by atoms with Crippen LogP contribution in [0.25, 0.3) is 0 Å². The van der Waals surface area contributed by atoms with Gasteiger partial charge in [0.2, 0.25) is 0 Å². The predicted molar refractivity (Wildman–Crippen MR) is 56.4 cm³/mol. The number of hydrogen-bond donors (Lipinski definition) is 2. The Morgan fingerprint density at radius 1 is 1.36 bits per heavy atom. The van der Waals surface area contributed by atoms with E-state index in [1.54, 1.807) is 6.21 Å². The first-order valence-electron chi connectivity index (χ1n) is 4.30. The molecule has 0 aromatic heterocycles. The lowest BCUT2D eigenvalue weighted by atomic mass is 10.2. The minimum atomic E-state index is -0.326. The van der Waals surface area contributed by atoms with E-state index in [1.165, 1.54) is 12.6 Å². The minimum absolute atomic E-state index is 0.326. The Balaban J connectivity index is 2.52. The number of carbonyl (C=O) groups is 1. The molecule has 0 bridgehead atoms. The Kier molecular flexibility index (Phi) is 3.67. The van der Waals surface area contributed by atoms with E-state index < -0.39 is 0 Å². The number of aryl methyl sites for hydroxylation is 1. The molecule has 2 amide bonds. The highest BCUT2D eigenvalue weighted by molar-refractivity contribution is 5.81. The molecular weight excluding hydrogens is 178 g/mol. The number of amides is 2. The zero-order valence-electron chi connectivity index (χ0n) is 8.24. The van der Waals surface area contributed by atoms with Gasteiger partial charge in [0, 0.05) is 7.05 Å². The molecule has 14 heavy (non-hydrogen) atoms. The fraction of sp³-hybridized carbons (Fsp3) is 0.200. The van der Waals surface area contributed by atoms with E-state index in [0.29, 0.717) is 0 Å². The standard InChI is InChI=1S/C10H13N3O/c1-8-3-5-9(6-4-8)7-12-13-10(14)11-2/h3-7H,1-2H3,(H2,11,13,14)/b12-7+. The van der Waals surface area contributed by atoms with E-state index in [1.807, 2.05) is 31.2 Å². The van der Waals surface area contributed by atoms with E-state index in [4.69, 9.17) is 0 Å². The van der Waals surface area contributed by atoms with Crippen molar-refractivity contribution >= 4 is 12.2 Å². The van der Waals surface area contributed by atoms with Gasteiger partial charge in [-0.05, 0) is 12.5 Å². The zero-order valence-corrected chi connectivity index (χ0v) is 8.24. The van der Waals surface area contributed by atoms with Crippen LogP contribution >= 0.6 is 0 Å². The largest absolute Gasteiger partial charge is 0.340 e. The van der Waals surface area contributed by atoms with Crippen LogP contribution in [0.2, 0.25) is 0 Å². The van der Waals surface area contributed by atoms with E-state index in [2.05, 4.69) is 15.8 Å². The summed E-state index contributed by atoms with van der Waals surface area (Å²) < 4.78 is 0. The van der Waals surface area contributed by atoms with Gasteiger partial charge in [-0.1, -0.05) is 29.8 Å². The summed E-state index contributed by atoms with van der Waals surface area (Å²) in [4.78, 5) is 10.7. The molecule has 1 rings (SSSR count). The Labute approximate surface area is 83.0 Å². The average Bonchev–Trinajstić information content (AvgIpc) is 2.21. The number of benzene rings is 1. The van der Waals surface area contributed by atoms with Gasteiger partial charge >= 0.3 is 6.03 Å². The van der Waals surface area contributed by atoms with Crippen molar-refractivity contribution in [3.05, 3.63) is 35.4 Å². The summed E-state index contributed by atoms with van der Waals surface area (Å²) in [5, 5.41) is 6.15. The molecule has 74 valence electrons. The molecule has 0 unspecified atom stereocenters. The van der Waals surface area contributed by atoms with Crippen molar-refractivity contribution in [2.24, 2.45) is 5.10 Å².